The first-order valence-corrected chi connectivity index (χ1v) is 7.80. The van der Waals surface area contributed by atoms with Crippen LogP contribution in [0.3, 0.4) is 0 Å². The van der Waals surface area contributed by atoms with Gasteiger partial charge in [-0.25, -0.2) is 0 Å². The molecule has 0 bridgehead atoms. The number of Topliss-reactive ketones (excluding diaryl/α,β-unsaturated/α-hetero) is 2. The van der Waals surface area contributed by atoms with Crippen LogP contribution in [-0.4, -0.2) is 11.6 Å². The van der Waals surface area contributed by atoms with Gasteiger partial charge in [0.1, 0.15) is 5.78 Å². The van der Waals surface area contributed by atoms with Gasteiger partial charge in [-0.3, -0.25) is 9.59 Å². The Labute approximate surface area is 130 Å². The normalized spacial score (nSPS) is 10.6. The Hall–Kier alpha value is -0.860. The second kappa shape index (κ2) is 9.15. The highest BCUT2D eigenvalue weighted by atomic mass is 35.5. The lowest BCUT2D eigenvalue weighted by Gasteiger charge is -2.04. The summed E-state index contributed by atoms with van der Waals surface area (Å²) in [5, 5.41) is 0.784. The Morgan fingerprint density at radius 1 is 1.05 bits per heavy atom. The number of hydrogen-bond acceptors (Lipinski definition) is 2. The Balaban J connectivity index is 2.39. The number of carbonyl (C=O) groups is 2. The van der Waals surface area contributed by atoms with Crippen LogP contribution in [-0.2, 0) is 4.79 Å². The highest BCUT2D eigenvalue weighted by molar-refractivity contribution is 6.37. The van der Waals surface area contributed by atoms with Crippen molar-refractivity contribution in [2.24, 2.45) is 0 Å². The van der Waals surface area contributed by atoms with Gasteiger partial charge in [-0.2, -0.15) is 0 Å². The molecule has 0 amide bonds. The number of hydrogen-bond donors (Lipinski definition) is 0. The monoisotopic (exact) mass is 314 g/mol. The molecule has 0 unspecified atom stereocenters. The van der Waals surface area contributed by atoms with Crippen molar-refractivity contribution in [1.29, 1.82) is 0 Å². The van der Waals surface area contributed by atoms with E-state index in [0.717, 1.165) is 19.3 Å². The summed E-state index contributed by atoms with van der Waals surface area (Å²) in [6.07, 6.45) is 5.85. The maximum absolute atomic E-state index is 12.0. The number of unbranched alkanes of at least 4 members (excludes halogenated alkanes) is 4. The average molecular weight is 315 g/mol. The van der Waals surface area contributed by atoms with Crippen LogP contribution in [0.15, 0.2) is 18.2 Å². The number of carbonyl (C=O) groups excluding carboxylic acids is 2. The largest absolute Gasteiger partial charge is 0.299 e. The molecule has 4 heteroatoms. The number of halogens is 2. The molecule has 0 aliphatic carbocycles. The summed E-state index contributed by atoms with van der Waals surface area (Å²) in [6, 6.07) is 4.70. The molecule has 0 saturated heterocycles. The fourth-order valence-electron chi connectivity index (χ4n) is 2.00. The van der Waals surface area contributed by atoms with Crippen molar-refractivity contribution in [3.8, 4) is 0 Å². The van der Waals surface area contributed by atoms with Crippen molar-refractivity contribution in [3.63, 3.8) is 0 Å². The van der Waals surface area contributed by atoms with Crippen LogP contribution in [0.25, 0.3) is 0 Å². The zero-order valence-electron chi connectivity index (χ0n) is 11.8. The minimum atomic E-state index is -0.231. The number of ketones is 2. The van der Waals surface area contributed by atoms with E-state index in [0.29, 0.717) is 22.0 Å². The maximum atomic E-state index is 12.0. The van der Waals surface area contributed by atoms with E-state index in [1.54, 1.807) is 12.1 Å². The molecule has 1 rings (SSSR count). The van der Waals surface area contributed by atoms with Gasteiger partial charge < -0.3 is 0 Å². The summed E-state index contributed by atoms with van der Waals surface area (Å²) in [5.74, 6) is -0.247. The van der Waals surface area contributed by atoms with Crippen molar-refractivity contribution in [1.82, 2.24) is 0 Å². The van der Waals surface area contributed by atoms with E-state index >= 15 is 0 Å². The molecular formula is C16H20Cl2O2. The molecule has 0 fully saturated rings. The second-order valence-electron chi connectivity index (χ2n) is 4.93. The molecule has 2 nitrogen and oxygen atoms in total. The molecule has 1 aromatic carbocycles. The molecule has 0 saturated carbocycles. The van der Waals surface area contributed by atoms with Gasteiger partial charge in [0, 0.05) is 17.0 Å². The van der Waals surface area contributed by atoms with Crippen molar-refractivity contribution < 1.29 is 9.59 Å². The molecule has 0 heterocycles. The third-order valence-corrected chi connectivity index (χ3v) is 3.70. The van der Waals surface area contributed by atoms with Gasteiger partial charge in [0.15, 0.2) is 5.78 Å². The van der Waals surface area contributed by atoms with E-state index in [2.05, 4.69) is 6.92 Å². The van der Waals surface area contributed by atoms with Crippen molar-refractivity contribution in [2.45, 2.75) is 51.9 Å². The summed E-state index contributed by atoms with van der Waals surface area (Å²) >= 11 is 11.7. The molecule has 0 aromatic heterocycles. The minimum Gasteiger partial charge on any atom is -0.299 e. The van der Waals surface area contributed by atoms with Crippen molar-refractivity contribution in [3.05, 3.63) is 33.8 Å². The van der Waals surface area contributed by atoms with Crippen LogP contribution in [0.1, 0.15) is 62.2 Å². The third kappa shape index (κ3) is 6.06. The van der Waals surface area contributed by atoms with Gasteiger partial charge in [-0.05, 0) is 24.6 Å². The SMILES string of the molecule is CCCCCCCC(=O)CC(=O)c1ccc(Cl)cc1Cl. The minimum absolute atomic E-state index is 0.0162. The van der Waals surface area contributed by atoms with Gasteiger partial charge in [-0.15, -0.1) is 0 Å². The van der Waals surface area contributed by atoms with Crippen LogP contribution in [0, 0.1) is 0 Å². The van der Waals surface area contributed by atoms with Crippen molar-refractivity contribution in [2.75, 3.05) is 0 Å². The summed E-state index contributed by atoms with van der Waals surface area (Å²) in [7, 11) is 0. The van der Waals surface area contributed by atoms with Crippen molar-refractivity contribution >= 4 is 34.8 Å². The Kier molecular flexibility index (Phi) is 7.86. The lowest BCUT2D eigenvalue weighted by molar-refractivity contribution is -0.118. The molecule has 0 aliphatic rings. The van der Waals surface area contributed by atoms with Gasteiger partial charge >= 0.3 is 0 Å². The fraction of sp³-hybridized carbons (Fsp3) is 0.500. The molecule has 0 N–H and O–H groups in total. The topological polar surface area (TPSA) is 34.1 Å². The summed E-state index contributed by atoms with van der Waals surface area (Å²) in [6.45, 7) is 2.15. The van der Waals surface area contributed by atoms with E-state index in [-0.39, 0.29) is 18.0 Å². The summed E-state index contributed by atoms with van der Waals surface area (Å²) in [4.78, 5) is 23.7. The number of benzene rings is 1. The van der Waals surface area contributed by atoms with E-state index in [9.17, 15) is 9.59 Å². The molecule has 110 valence electrons. The van der Waals surface area contributed by atoms with Gasteiger partial charge in [0.05, 0.1) is 11.4 Å². The van der Waals surface area contributed by atoms with E-state index in [1.165, 1.54) is 18.9 Å². The van der Waals surface area contributed by atoms with E-state index in [1.807, 2.05) is 0 Å². The van der Waals surface area contributed by atoms with Crippen LogP contribution >= 0.6 is 23.2 Å². The summed E-state index contributed by atoms with van der Waals surface area (Å²) in [5.41, 5.74) is 0.371. The Bertz CT molecular complexity index is 470. The molecular weight excluding hydrogens is 295 g/mol. The summed E-state index contributed by atoms with van der Waals surface area (Å²) < 4.78 is 0. The maximum Gasteiger partial charge on any atom is 0.171 e. The predicted molar refractivity (Wildman–Crippen MR) is 83.8 cm³/mol. The fourth-order valence-corrected chi connectivity index (χ4v) is 2.52. The lowest BCUT2D eigenvalue weighted by atomic mass is 10.0. The Morgan fingerprint density at radius 3 is 2.40 bits per heavy atom. The zero-order valence-corrected chi connectivity index (χ0v) is 13.3. The van der Waals surface area contributed by atoms with Gasteiger partial charge in [0.2, 0.25) is 0 Å². The molecule has 0 radical (unpaired) electrons. The molecule has 1 aromatic rings. The first-order valence-electron chi connectivity index (χ1n) is 7.04. The Morgan fingerprint density at radius 2 is 1.75 bits per heavy atom. The smallest absolute Gasteiger partial charge is 0.171 e. The first-order chi connectivity index (χ1) is 9.54. The standard InChI is InChI=1S/C16H20Cl2O2/c1-2-3-4-5-6-7-13(19)11-16(20)14-9-8-12(17)10-15(14)18/h8-10H,2-7,11H2,1H3. The van der Waals surface area contributed by atoms with Crippen LogP contribution in [0.2, 0.25) is 10.0 Å². The predicted octanol–water partition coefficient (Wildman–Crippen LogP) is 5.50. The molecule has 0 atom stereocenters. The van der Waals surface area contributed by atoms with E-state index < -0.39 is 0 Å². The highest BCUT2D eigenvalue weighted by Crippen LogP contribution is 2.22. The molecule has 0 aliphatic heterocycles. The van der Waals surface area contributed by atoms with Crippen LogP contribution < -0.4 is 0 Å². The number of rotatable bonds is 9. The van der Waals surface area contributed by atoms with Gasteiger partial charge in [-0.1, -0.05) is 55.8 Å². The second-order valence-corrected chi connectivity index (χ2v) is 5.77. The highest BCUT2D eigenvalue weighted by Gasteiger charge is 2.14. The van der Waals surface area contributed by atoms with E-state index in [4.69, 9.17) is 23.2 Å². The quantitative estimate of drug-likeness (QED) is 0.343. The molecule has 0 spiro atoms. The van der Waals surface area contributed by atoms with Gasteiger partial charge in [0.25, 0.3) is 0 Å². The lowest BCUT2D eigenvalue weighted by Crippen LogP contribution is -2.08. The zero-order chi connectivity index (χ0) is 15.0. The van der Waals surface area contributed by atoms with Crippen LogP contribution in [0.4, 0.5) is 0 Å². The van der Waals surface area contributed by atoms with Crippen LogP contribution in [0.5, 0.6) is 0 Å². The molecule has 20 heavy (non-hydrogen) atoms. The first kappa shape index (κ1) is 17.2. The average Bonchev–Trinajstić information content (AvgIpc) is 2.38. The third-order valence-electron chi connectivity index (χ3n) is 3.15.